The molecule has 0 aromatic carbocycles. The van der Waals surface area contributed by atoms with Gasteiger partial charge in [-0.3, -0.25) is 0 Å². The van der Waals surface area contributed by atoms with Crippen molar-refractivity contribution in [3.63, 3.8) is 0 Å². The Hall–Kier alpha value is -0.260. The molecule has 0 nitrogen and oxygen atoms in total. The molecule has 2 unspecified atom stereocenters. The van der Waals surface area contributed by atoms with E-state index in [1.807, 2.05) is 0 Å². The Balaban J connectivity index is 3.99. The van der Waals surface area contributed by atoms with Gasteiger partial charge < -0.3 is 0 Å². The van der Waals surface area contributed by atoms with Crippen LogP contribution >= 0.6 is 0 Å². The zero-order chi connectivity index (χ0) is 22.1. The summed E-state index contributed by atoms with van der Waals surface area (Å²) in [4.78, 5) is 0. The molecule has 0 rings (SSSR count). The van der Waals surface area contributed by atoms with Crippen molar-refractivity contribution in [3.05, 3.63) is 12.7 Å². The van der Waals surface area contributed by atoms with E-state index >= 15 is 0 Å². The van der Waals surface area contributed by atoms with Crippen LogP contribution in [0.15, 0.2) is 12.7 Å². The summed E-state index contributed by atoms with van der Waals surface area (Å²) in [6.07, 6.45) is 35.2. The summed E-state index contributed by atoms with van der Waals surface area (Å²) < 4.78 is 0. The van der Waals surface area contributed by atoms with Gasteiger partial charge >= 0.3 is 0 Å². The third-order valence-electron chi connectivity index (χ3n) is 7.02. The fourth-order valence-corrected chi connectivity index (χ4v) is 4.98. The van der Waals surface area contributed by atoms with Crippen LogP contribution in [0.25, 0.3) is 0 Å². The normalized spacial score (nSPS) is 13.4. The van der Waals surface area contributed by atoms with Gasteiger partial charge in [-0.2, -0.15) is 0 Å². The molecular formula is C30H60. The van der Waals surface area contributed by atoms with E-state index in [0.717, 1.165) is 11.8 Å². The van der Waals surface area contributed by atoms with Crippen LogP contribution < -0.4 is 0 Å². The average molecular weight is 421 g/mol. The maximum atomic E-state index is 3.84. The molecule has 0 radical (unpaired) electrons. The van der Waals surface area contributed by atoms with Gasteiger partial charge in [0, 0.05) is 0 Å². The van der Waals surface area contributed by atoms with Crippen molar-refractivity contribution in [2.45, 2.75) is 168 Å². The molecule has 0 aromatic heterocycles. The van der Waals surface area contributed by atoms with Gasteiger partial charge in [0.25, 0.3) is 0 Å². The van der Waals surface area contributed by atoms with Crippen LogP contribution in [0.5, 0.6) is 0 Å². The van der Waals surface area contributed by atoms with E-state index in [4.69, 9.17) is 0 Å². The molecule has 0 aliphatic heterocycles. The molecule has 0 aliphatic carbocycles. The van der Waals surface area contributed by atoms with E-state index in [0.29, 0.717) is 0 Å². The summed E-state index contributed by atoms with van der Waals surface area (Å²) in [7, 11) is 0. The Morgan fingerprint density at radius 3 is 1.40 bits per heavy atom. The molecule has 0 spiro atoms. The smallest absolute Gasteiger partial charge is 0.0353 e. The van der Waals surface area contributed by atoms with Crippen molar-refractivity contribution < 1.29 is 0 Å². The summed E-state index contributed by atoms with van der Waals surface area (Å²) in [6, 6.07) is 0. The van der Waals surface area contributed by atoms with Crippen LogP contribution in [-0.2, 0) is 0 Å². The highest BCUT2D eigenvalue weighted by Gasteiger charge is 2.13. The molecule has 0 amide bonds. The molecule has 0 saturated carbocycles. The van der Waals surface area contributed by atoms with Gasteiger partial charge in [0.1, 0.15) is 0 Å². The van der Waals surface area contributed by atoms with Gasteiger partial charge in [-0.25, -0.2) is 0 Å². The minimum Gasteiger partial charge on any atom is -0.103 e. The summed E-state index contributed by atoms with van der Waals surface area (Å²) in [5, 5.41) is 0. The van der Waals surface area contributed by atoms with Crippen LogP contribution in [0.2, 0.25) is 0 Å². The van der Waals surface area contributed by atoms with Crippen molar-refractivity contribution in [1.82, 2.24) is 0 Å². The second-order valence-electron chi connectivity index (χ2n) is 10.3. The van der Waals surface area contributed by atoms with Crippen LogP contribution in [0.3, 0.4) is 0 Å². The Kier molecular flexibility index (Phi) is 24.8. The minimum absolute atomic E-state index is 0.934. The predicted octanol–water partition coefficient (Wildman–Crippen LogP) is 11.4. The van der Waals surface area contributed by atoms with Gasteiger partial charge in [-0.15, -0.1) is 6.58 Å². The average Bonchev–Trinajstić information content (AvgIpc) is 2.74. The maximum Gasteiger partial charge on any atom is -0.0353 e. The van der Waals surface area contributed by atoms with Crippen molar-refractivity contribution >= 4 is 0 Å². The molecule has 2 atom stereocenters. The van der Waals surface area contributed by atoms with Crippen LogP contribution in [0.4, 0.5) is 0 Å². The first-order chi connectivity index (χ1) is 14.7. The topological polar surface area (TPSA) is 0 Å². The van der Waals surface area contributed by atoms with Crippen molar-refractivity contribution in [2.75, 3.05) is 0 Å². The predicted molar refractivity (Wildman–Crippen MR) is 140 cm³/mol. The van der Waals surface area contributed by atoms with Gasteiger partial charge in [0.05, 0.1) is 0 Å². The molecule has 0 N–H and O–H groups in total. The lowest BCUT2D eigenvalue weighted by Gasteiger charge is -2.21. The monoisotopic (exact) mass is 420 g/mol. The summed E-state index contributed by atoms with van der Waals surface area (Å²) in [5.41, 5.74) is 0. The SMILES string of the molecule is C=CCCCCCCC(C)CC(CCCCCCCC)CCCCCCCCCC. The Morgan fingerprint density at radius 1 is 0.533 bits per heavy atom. The fourth-order valence-electron chi connectivity index (χ4n) is 4.98. The first-order valence-corrected chi connectivity index (χ1v) is 14.3. The molecule has 0 aliphatic rings. The van der Waals surface area contributed by atoms with Crippen LogP contribution in [0.1, 0.15) is 168 Å². The quantitative estimate of drug-likeness (QED) is 0.102. The van der Waals surface area contributed by atoms with Gasteiger partial charge in [0.15, 0.2) is 0 Å². The van der Waals surface area contributed by atoms with Gasteiger partial charge in [0.2, 0.25) is 0 Å². The lowest BCUT2D eigenvalue weighted by atomic mass is 9.85. The zero-order valence-corrected chi connectivity index (χ0v) is 21.7. The summed E-state index contributed by atoms with van der Waals surface area (Å²) in [6.45, 7) is 11.0. The van der Waals surface area contributed by atoms with Gasteiger partial charge in [-0.1, -0.05) is 155 Å². The summed E-state index contributed by atoms with van der Waals surface area (Å²) in [5.74, 6) is 1.94. The molecular weight excluding hydrogens is 360 g/mol. The number of hydrogen-bond acceptors (Lipinski definition) is 0. The molecule has 0 heteroatoms. The fraction of sp³-hybridized carbons (Fsp3) is 0.933. The minimum atomic E-state index is 0.934. The molecule has 30 heavy (non-hydrogen) atoms. The van der Waals surface area contributed by atoms with E-state index in [2.05, 4.69) is 33.4 Å². The highest BCUT2D eigenvalue weighted by molar-refractivity contribution is 4.67. The van der Waals surface area contributed by atoms with E-state index in [1.54, 1.807) is 0 Å². The Morgan fingerprint density at radius 2 is 0.933 bits per heavy atom. The second kappa shape index (κ2) is 25.0. The molecule has 0 aromatic rings. The largest absolute Gasteiger partial charge is 0.103 e. The zero-order valence-electron chi connectivity index (χ0n) is 21.7. The number of hydrogen-bond donors (Lipinski definition) is 0. The van der Waals surface area contributed by atoms with Crippen molar-refractivity contribution in [2.24, 2.45) is 11.8 Å². The third-order valence-corrected chi connectivity index (χ3v) is 7.02. The highest BCUT2D eigenvalue weighted by Crippen LogP contribution is 2.28. The maximum absolute atomic E-state index is 3.84. The molecule has 0 heterocycles. The van der Waals surface area contributed by atoms with E-state index in [1.165, 1.54) is 148 Å². The first kappa shape index (κ1) is 29.7. The number of unbranched alkanes of at least 4 members (excludes halogenated alkanes) is 16. The molecule has 180 valence electrons. The molecule has 0 fully saturated rings. The third kappa shape index (κ3) is 22.4. The van der Waals surface area contributed by atoms with E-state index < -0.39 is 0 Å². The number of rotatable bonds is 25. The lowest BCUT2D eigenvalue weighted by molar-refractivity contribution is 0.313. The van der Waals surface area contributed by atoms with Crippen molar-refractivity contribution in [1.29, 1.82) is 0 Å². The Labute approximate surface area is 193 Å². The molecule has 0 bridgehead atoms. The van der Waals surface area contributed by atoms with E-state index in [-0.39, 0.29) is 0 Å². The summed E-state index contributed by atoms with van der Waals surface area (Å²) >= 11 is 0. The molecule has 0 saturated heterocycles. The standard InChI is InChI=1S/C30H60/c1-5-8-11-14-17-18-21-24-27-30(26-23-20-16-13-10-7-3)28-29(4)25-22-19-15-12-9-6-2/h6,29-30H,2,5,7-28H2,1,3-4H3. The number of allylic oxidation sites excluding steroid dienone is 1. The van der Waals surface area contributed by atoms with Crippen molar-refractivity contribution in [3.8, 4) is 0 Å². The Bertz CT molecular complexity index is 318. The second-order valence-corrected chi connectivity index (χ2v) is 10.3. The van der Waals surface area contributed by atoms with E-state index in [9.17, 15) is 0 Å². The van der Waals surface area contributed by atoms with Gasteiger partial charge in [-0.05, 0) is 31.1 Å². The van der Waals surface area contributed by atoms with Crippen LogP contribution in [0, 0.1) is 11.8 Å². The first-order valence-electron chi connectivity index (χ1n) is 14.3. The highest BCUT2D eigenvalue weighted by atomic mass is 14.2. The lowest BCUT2D eigenvalue weighted by Crippen LogP contribution is -2.08. The van der Waals surface area contributed by atoms with Crippen LogP contribution in [-0.4, -0.2) is 0 Å².